The first-order valence-electron chi connectivity index (χ1n) is 9.70. The third-order valence-corrected chi connectivity index (χ3v) is 5.38. The highest BCUT2D eigenvalue weighted by Gasteiger charge is 2.24. The lowest BCUT2D eigenvalue weighted by molar-refractivity contribution is 0.0935. The minimum absolute atomic E-state index is 0.194. The number of benzene rings is 1. The van der Waals surface area contributed by atoms with Crippen LogP contribution in [0.4, 0.5) is 5.69 Å². The number of carbonyl (C=O) groups excluding carboxylic acids is 2. The molecule has 0 radical (unpaired) electrons. The summed E-state index contributed by atoms with van der Waals surface area (Å²) < 4.78 is 1.67. The van der Waals surface area contributed by atoms with Crippen LogP contribution < -0.4 is 10.6 Å². The number of para-hydroxylation sites is 1. The summed E-state index contributed by atoms with van der Waals surface area (Å²) >= 11 is 0. The maximum absolute atomic E-state index is 13.0. The average molecular weight is 376 g/mol. The van der Waals surface area contributed by atoms with Crippen LogP contribution in [0.25, 0.3) is 5.52 Å². The number of fused-ring (bicyclic) bond motifs is 1. The lowest BCUT2D eigenvalue weighted by Crippen LogP contribution is -2.33. The highest BCUT2D eigenvalue weighted by atomic mass is 16.2. The van der Waals surface area contributed by atoms with Crippen molar-refractivity contribution in [1.29, 1.82) is 0 Å². The van der Waals surface area contributed by atoms with E-state index >= 15 is 0 Å². The highest BCUT2D eigenvalue weighted by molar-refractivity contribution is 6.06. The van der Waals surface area contributed by atoms with Crippen LogP contribution in [0.15, 0.2) is 42.6 Å². The molecular formula is C22H24N4O2. The molecule has 144 valence electrons. The van der Waals surface area contributed by atoms with Gasteiger partial charge in [0.25, 0.3) is 11.8 Å². The van der Waals surface area contributed by atoms with E-state index in [4.69, 9.17) is 0 Å². The molecule has 1 fully saturated rings. The first kappa shape index (κ1) is 18.2. The number of rotatable bonds is 4. The van der Waals surface area contributed by atoms with Crippen molar-refractivity contribution in [3.05, 3.63) is 65.2 Å². The van der Waals surface area contributed by atoms with Crippen LogP contribution in [0.1, 0.15) is 57.9 Å². The summed E-state index contributed by atoms with van der Waals surface area (Å²) in [4.78, 5) is 30.2. The number of anilines is 1. The number of amides is 2. The Bertz CT molecular complexity index is 1030. The third kappa shape index (κ3) is 3.38. The summed E-state index contributed by atoms with van der Waals surface area (Å²) in [6.45, 7) is 3.90. The number of hydrogen-bond acceptors (Lipinski definition) is 3. The van der Waals surface area contributed by atoms with Gasteiger partial charge in [0.15, 0.2) is 5.69 Å². The Kier molecular flexibility index (Phi) is 4.86. The largest absolute Gasteiger partial charge is 0.348 e. The topological polar surface area (TPSA) is 75.5 Å². The van der Waals surface area contributed by atoms with Gasteiger partial charge in [-0.25, -0.2) is 4.98 Å². The van der Waals surface area contributed by atoms with Crippen molar-refractivity contribution in [2.24, 2.45) is 0 Å². The average Bonchev–Trinajstić information content (AvgIpc) is 3.32. The molecule has 0 saturated heterocycles. The van der Waals surface area contributed by atoms with Crippen LogP contribution in [0, 0.1) is 13.8 Å². The highest BCUT2D eigenvalue weighted by Crippen LogP contribution is 2.22. The van der Waals surface area contributed by atoms with Gasteiger partial charge in [0, 0.05) is 17.9 Å². The van der Waals surface area contributed by atoms with E-state index in [2.05, 4.69) is 15.6 Å². The number of carbonyl (C=O) groups is 2. The summed E-state index contributed by atoms with van der Waals surface area (Å²) in [5, 5.41) is 6.02. The molecule has 1 aromatic carbocycles. The van der Waals surface area contributed by atoms with Crippen molar-refractivity contribution in [3.8, 4) is 0 Å². The number of aromatic nitrogens is 2. The van der Waals surface area contributed by atoms with E-state index in [9.17, 15) is 9.59 Å². The van der Waals surface area contributed by atoms with Gasteiger partial charge < -0.3 is 10.6 Å². The minimum atomic E-state index is -0.335. The fourth-order valence-electron chi connectivity index (χ4n) is 3.87. The summed E-state index contributed by atoms with van der Waals surface area (Å²) in [5.41, 5.74) is 3.66. The van der Waals surface area contributed by atoms with Crippen LogP contribution in [-0.2, 0) is 0 Å². The standard InChI is InChI=1S/C22H24N4O2/c1-14-8-7-9-15(2)18(14)25-22(28)20-24-19(17-12-5-6-13-26(17)20)21(27)23-16-10-3-4-11-16/h5-9,12-13,16H,3-4,10-11H2,1-2H3,(H,23,27)(H,25,28). The molecule has 0 atom stereocenters. The second kappa shape index (κ2) is 7.46. The summed E-state index contributed by atoms with van der Waals surface area (Å²) in [6, 6.07) is 11.5. The molecule has 2 heterocycles. The number of hydrogen-bond donors (Lipinski definition) is 2. The van der Waals surface area contributed by atoms with Crippen LogP contribution in [0.5, 0.6) is 0 Å². The molecule has 4 rings (SSSR count). The van der Waals surface area contributed by atoms with E-state index in [1.165, 1.54) is 0 Å². The number of aryl methyl sites for hydroxylation is 2. The number of nitrogens with zero attached hydrogens (tertiary/aromatic N) is 2. The Morgan fingerprint density at radius 3 is 2.43 bits per heavy atom. The van der Waals surface area contributed by atoms with Gasteiger partial charge in [0.05, 0.1) is 5.52 Å². The molecule has 0 unspecified atom stereocenters. The van der Waals surface area contributed by atoms with E-state index in [-0.39, 0.29) is 23.7 Å². The van der Waals surface area contributed by atoms with E-state index in [1.807, 2.05) is 50.2 Å². The van der Waals surface area contributed by atoms with Crippen LogP contribution in [-0.4, -0.2) is 27.2 Å². The summed E-state index contributed by atoms with van der Waals surface area (Å²) in [6.07, 6.45) is 6.03. The molecule has 1 aliphatic rings. The van der Waals surface area contributed by atoms with Crippen molar-refractivity contribution in [1.82, 2.24) is 14.7 Å². The van der Waals surface area contributed by atoms with Gasteiger partial charge >= 0.3 is 0 Å². The zero-order chi connectivity index (χ0) is 19.7. The third-order valence-electron chi connectivity index (χ3n) is 5.38. The molecule has 3 aromatic rings. The molecule has 1 saturated carbocycles. The predicted octanol–water partition coefficient (Wildman–Crippen LogP) is 3.88. The van der Waals surface area contributed by atoms with Crippen LogP contribution in [0.3, 0.4) is 0 Å². The molecule has 2 N–H and O–H groups in total. The second-order valence-corrected chi connectivity index (χ2v) is 7.42. The molecule has 0 spiro atoms. The number of pyridine rings is 1. The lowest BCUT2D eigenvalue weighted by atomic mass is 10.1. The molecule has 0 bridgehead atoms. The Morgan fingerprint density at radius 2 is 1.71 bits per heavy atom. The van der Waals surface area contributed by atoms with Gasteiger partial charge in [-0.3, -0.25) is 14.0 Å². The maximum Gasteiger partial charge on any atom is 0.292 e. The second-order valence-electron chi connectivity index (χ2n) is 7.42. The fraction of sp³-hybridized carbons (Fsp3) is 0.318. The fourth-order valence-corrected chi connectivity index (χ4v) is 3.87. The van der Waals surface area contributed by atoms with Crippen LogP contribution in [0.2, 0.25) is 0 Å². The minimum Gasteiger partial charge on any atom is -0.348 e. The Hall–Kier alpha value is -3.15. The molecule has 0 aliphatic heterocycles. The molecule has 28 heavy (non-hydrogen) atoms. The normalized spacial score (nSPS) is 14.4. The quantitative estimate of drug-likeness (QED) is 0.726. The van der Waals surface area contributed by atoms with Gasteiger partial charge in [0.1, 0.15) is 0 Å². The Labute approximate surface area is 164 Å². The van der Waals surface area contributed by atoms with Crippen molar-refractivity contribution < 1.29 is 9.59 Å². The van der Waals surface area contributed by atoms with Crippen molar-refractivity contribution in [2.75, 3.05) is 5.32 Å². The Morgan fingerprint density at radius 1 is 1.00 bits per heavy atom. The predicted molar refractivity (Wildman–Crippen MR) is 109 cm³/mol. The SMILES string of the molecule is Cc1cccc(C)c1NC(=O)c1nc(C(=O)NC2CCCC2)c2ccccn12. The van der Waals surface area contributed by atoms with Gasteiger partial charge in [-0.05, 0) is 49.9 Å². The maximum atomic E-state index is 13.0. The monoisotopic (exact) mass is 376 g/mol. The molecule has 2 aromatic heterocycles. The zero-order valence-corrected chi connectivity index (χ0v) is 16.2. The number of nitrogens with one attached hydrogen (secondary N) is 2. The van der Waals surface area contributed by atoms with Gasteiger partial charge in [-0.1, -0.05) is 37.1 Å². The first-order valence-corrected chi connectivity index (χ1v) is 9.70. The lowest BCUT2D eigenvalue weighted by Gasteiger charge is -2.10. The first-order chi connectivity index (χ1) is 13.5. The van der Waals surface area contributed by atoms with Crippen LogP contribution >= 0.6 is 0 Å². The van der Waals surface area contributed by atoms with Gasteiger partial charge in [-0.2, -0.15) is 0 Å². The van der Waals surface area contributed by atoms with E-state index in [0.29, 0.717) is 11.2 Å². The molecule has 6 nitrogen and oxygen atoms in total. The van der Waals surface area contributed by atoms with E-state index in [0.717, 1.165) is 42.5 Å². The molecule has 6 heteroatoms. The van der Waals surface area contributed by atoms with E-state index < -0.39 is 0 Å². The smallest absolute Gasteiger partial charge is 0.292 e. The van der Waals surface area contributed by atoms with Crippen molar-refractivity contribution >= 4 is 23.0 Å². The van der Waals surface area contributed by atoms with Gasteiger partial charge in [-0.15, -0.1) is 0 Å². The van der Waals surface area contributed by atoms with E-state index in [1.54, 1.807) is 10.6 Å². The molecule has 2 amide bonds. The zero-order valence-electron chi connectivity index (χ0n) is 16.2. The van der Waals surface area contributed by atoms with Crippen molar-refractivity contribution in [2.45, 2.75) is 45.6 Å². The molecular weight excluding hydrogens is 352 g/mol. The summed E-state index contributed by atoms with van der Waals surface area (Å²) in [7, 11) is 0. The summed E-state index contributed by atoms with van der Waals surface area (Å²) in [5.74, 6) is -0.352. The number of imidazole rings is 1. The van der Waals surface area contributed by atoms with Crippen molar-refractivity contribution in [3.63, 3.8) is 0 Å². The van der Waals surface area contributed by atoms with Gasteiger partial charge in [0.2, 0.25) is 5.82 Å². The molecule has 1 aliphatic carbocycles. The Balaban J connectivity index is 1.67.